The minimum absolute atomic E-state index is 0.0490. The molecule has 1 amide bonds. The van der Waals surface area contributed by atoms with Crippen LogP contribution in [0.5, 0.6) is 11.5 Å². The summed E-state index contributed by atoms with van der Waals surface area (Å²) in [5.41, 5.74) is 0. The maximum Gasteiger partial charge on any atom is 0.230 e. The van der Waals surface area contributed by atoms with Gasteiger partial charge < -0.3 is 14.8 Å². The molecular weight excluding hydrogens is 326 g/mol. The highest BCUT2D eigenvalue weighted by Crippen LogP contribution is 2.34. The lowest BCUT2D eigenvalue weighted by Gasteiger charge is -2.18. The minimum Gasteiger partial charge on any atom is -0.486 e. The first-order chi connectivity index (χ1) is 10.5. The highest BCUT2D eigenvalue weighted by molar-refractivity contribution is 8.00. The molecule has 0 bridgehead atoms. The maximum absolute atomic E-state index is 11.9. The van der Waals surface area contributed by atoms with E-state index >= 15 is 0 Å². The lowest BCUT2D eigenvalue weighted by Crippen LogP contribution is -2.36. The third-order valence-corrected chi connectivity index (χ3v) is 6.24. The van der Waals surface area contributed by atoms with E-state index in [1.807, 2.05) is 18.2 Å². The number of hydrogen-bond donors (Lipinski definition) is 1. The molecule has 0 aromatic heterocycles. The zero-order valence-electron chi connectivity index (χ0n) is 11.9. The Bertz CT molecular complexity index is 674. The van der Waals surface area contributed by atoms with Gasteiger partial charge in [-0.3, -0.25) is 4.79 Å². The van der Waals surface area contributed by atoms with Gasteiger partial charge in [-0.15, -0.1) is 11.8 Å². The second kappa shape index (κ2) is 6.37. The maximum atomic E-state index is 11.9. The van der Waals surface area contributed by atoms with Crippen molar-refractivity contribution in [2.45, 2.75) is 17.4 Å². The lowest BCUT2D eigenvalue weighted by molar-refractivity contribution is -0.119. The molecule has 2 aliphatic heterocycles. The number of carbonyl (C=O) groups is 1. The van der Waals surface area contributed by atoms with Crippen LogP contribution in [0.2, 0.25) is 0 Å². The number of nitrogens with one attached hydrogen (secondary N) is 1. The molecule has 1 aromatic rings. The molecule has 1 fully saturated rings. The zero-order chi connectivity index (χ0) is 15.6. The summed E-state index contributed by atoms with van der Waals surface area (Å²) in [5, 5.41) is 2.77. The van der Waals surface area contributed by atoms with Crippen LogP contribution in [0.4, 0.5) is 0 Å². The third kappa shape index (κ3) is 3.86. The molecule has 1 aromatic carbocycles. The van der Waals surface area contributed by atoms with Crippen LogP contribution in [0, 0.1) is 0 Å². The Labute approximate surface area is 133 Å². The van der Waals surface area contributed by atoms with Gasteiger partial charge in [-0.05, 0) is 24.6 Å². The average Bonchev–Trinajstić information content (AvgIpc) is 2.84. The summed E-state index contributed by atoms with van der Waals surface area (Å²) in [6, 6.07) is 5.31. The van der Waals surface area contributed by atoms with Crippen molar-refractivity contribution < 1.29 is 22.7 Å². The van der Waals surface area contributed by atoms with Crippen LogP contribution in [0.1, 0.15) is 6.42 Å². The van der Waals surface area contributed by atoms with E-state index in [0.29, 0.717) is 25.4 Å². The van der Waals surface area contributed by atoms with Crippen molar-refractivity contribution in [1.29, 1.82) is 0 Å². The molecular formula is C14H17NO5S2. The summed E-state index contributed by atoms with van der Waals surface area (Å²) < 4.78 is 33.6. The Morgan fingerprint density at radius 3 is 2.77 bits per heavy atom. The number of amides is 1. The second-order valence-electron chi connectivity index (χ2n) is 5.26. The Morgan fingerprint density at radius 2 is 2.05 bits per heavy atom. The van der Waals surface area contributed by atoms with Crippen LogP contribution in [0.15, 0.2) is 23.1 Å². The van der Waals surface area contributed by atoms with Gasteiger partial charge in [0.05, 0.1) is 17.3 Å². The number of thioether (sulfide) groups is 1. The minimum atomic E-state index is -2.97. The normalized spacial score (nSPS) is 22.3. The number of benzene rings is 1. The van der Waals surface area contributed by atoms with Crippen LogP contribution in [-0.2, 0) is 14.6 Å². The van der Waals surface area contributed by atoms with Crippen molar-refractivity contribution in [1.82, 2.24) is 5.32 Å². The van der Waals surface area contributed by atoms with E-state index in [-0.39, 0.29) is 29.2 Å². The van der Waals surface area contributed by atoms with E-state index in [2.05, 4.69) is 5.32 Å². The molecule has 0 radical (unpaired) electrons. The smallest absolute Gasteiger partial charge is 0.230 e. The summed E-state index contributed by atoms with van der Waals surface area (Å²) in [6.45, 7) is 1.07. The Kier molecular flexibility index (Phi) is 4.49. The fourth-order valence-electron chi connectivity index (χ4n) is 2.44. The van der Waals surface area contributed by atoms with Gasteiger partial charge in [0, 0.05) is 10.9 Å². The molecule has 120 valence electrons. The molecule has 0 aliphatic carbocycles. The van der Waals surface area contributed by atoms with E-state index in [9.17, 15) is 13.2 Å². The van der Waals surface area contributed by atoms with Crippen molar-refractivity contribution in [3.63, 3.8) is 0 Å². The fraction of sp³-hybridized carbons (Fsp3) is 0.500. The molecule has 8 heteroatoms. The first-order valence-electron chi connectivity index (χ1n) is 7.04. The van der Waals surface area contributed by atoms with Crippen molar-refractivity contribution >= 4 is 27.5 Å². The number of rotatable bonds is 4. The van der Waals surface area contributed by atoms with E-state index in [1.54, 1.807) is 0 Å². The van der Waals surface area contributed by atoms with Crippen LogP contribution in [0.25, 0.3) is 0 Å². The largest absolute Gasteiger partial charge is 0.486 e. The average molecular weight is 343 g/mol. The van der Waals surface area contributed by atoms with Gasteiger partial charge in [0.1, 0.15) is 13.2 Å². The molecule has 1 N–H and O–H groups in total. The van der Waals surface area contributed by atoms with Crippen molar-refractivity contribution in [3.8, 4) is 11.5 Å². The Balaban J connectivity index is 1.51. The summed E-state index contributed by atoms with van der Waals surface area (Å²) in [6.07, 6.45) is 0.503. The molecule has 22 heavy (non-hydrogen) atoms. The monoisotopic (exact) mass is 343 g/mol. The predicted molar refractivity (Wildman–Crippen MR) is 83.4 cm³/mol. The Hall–Kier alpha value is -1.41. The molecule has 1 atom stereocenters. The molecule has 0 saturated carbocycles. The predicted octanol–water partition coefficient (Wildman–Crippen LogP) is 0.853. The van der Waals surface area contributed by atoms with Crippen LogP contribution in [0.3, 0.4) is 0 Å². The van der Waals surface area contributed by atoms with E-state index < -0.39 is 9.84 Å². The van der Waals surface area contributed by atoms with Gasteiger partial charge in [0.25, 0.3) is 0 Å². The number of carbonyl (C=O) groups excluding carboxylic acids is 1. The third-order valence-electron chi connectivity index (χ3n) is 3.48. The Morgan fingerprint density at radius 1 is 1.27 bits per heavy atom. The van der Waals surface area contributed by atoms with Crippen LogP contribution < -0.4 is 14.8 Å². The van der Waals surface area contributed by atoms with Crippen molar-refractivity contribution in [3.05, 3.63) is 18.2 Å². The van der Waals surface area contributed by atoms with Gasteiger partial charge in [-0.2, -0.15) is 0 Å². The van der Waals surface area contributed by atoms with Crippen LogP contribution >= 0.6 is 11.8 Å². The van der Waals surface area contributed by atoms with E-state index in [0.717, 1.165) is 10.6 Å². The lowest BCUT2D eigenvalue weighted by atomic mass is 10.3. The van der Waals surface area contributed by atoms with Gasteiger partial charge in [-0.1, -0.05) is 0 Å². The number of ether oxygens (including phenoxy) is 2. The van der Waals surface area contributed by atoms with Gasteiger partial charge >= 0.3 is 0 Å². The highest BCUT2D eigenvalue weighted by Gasteiger charge is 2.28. The number of sulfone groups is 1. The first-order valence-corrected chi connectivity index (χ1v) is 9.85. The summed E-state index contributed by atoms with van der Waals surface area (Å²) in [4.78, 5) is 12.8. The van der Waals surface area contributed by atoms with Crippen LogP contribution in [-0.4, -0.2) is 50.8 Å². The summed E-state index contributed by atoms with van der Waals surface area (Å²) in [7, 11) is -2.97. The van der Waals surface area contributed by atoms with Gasteiger partial charge in [0.15, 0.2) is 21.3 Å². The fourth-order valence-corrected chi connectivity index (χ4v) is 4.85. The molecule has 2 aliphatic rings. The highest BCUT2D eigenvalue weighted by atomic mass is 32.2. The number of hydrogen-bond acceptors (Lipinski definition) is 6. The standard InChI is InChI=1S/C14H17NO5S2/c16-14(15-10-3-6-22(17,18)9-10)8-21-11-1-2-12-13(7-11)20-5-4-19-12/h1-2,7,10H,3-6,8-9H2,(H,15,16). The van der Waals surface area contributed by atoms with Gasteiger partial charge in [0.2, 0.25) is 5.91 Å². The molecule has 0 spiro atoms. The molecule has 1 unspecified atom stereocenters. The topological polar surface area (TPSA) is 81.7 Å². The van der Waals surface area contributed by atoms with Gasteiger partial charge in [-0.25, -0.2) is 8.42 Å². The van der Waals surface area contributed by atoms with Crippen molar-refractivity contribution in [2.75, 3.05) is 30.5 Å². The SMILES string of the molecule is O=C(CSc1ccc2c(c1)OCCO2)NC1CCS(=O)(=O)C1. The zero-order valence-corrected chi connectivity index (χ0v) is 13.5. The quantitative estimate of drug-likeness (QED) is 0.817. The molecule has 1 saturated heterocycles. The number of fused-ring (bicyclic) bond motifs is 1. The first kappa shape index (κ1) is 15.5. The second-order valence-corrected chi connectivity index (χ2v) is 8.54. The summed E-state index contributed by atoms with van der Waals surface area (Å²) in [5.74, 6) is 1.72. The molecule has 6 nitrogen and oxygen atoms in total. The molecule has 3 rings (SSSR count). The van der Waals surface area contributed by atoms with Crippen molar-refractivity contribution in [2.24, 2.45) is 0 Å². The van der Waals surface area contributed by atoms with E-state index in [1.165, 1.54) is 11.8 Å². The molecule has 2 heterocycles. The van der Waals surface area contributed by atoms with E-state index in [4.69, 9.17) is 9.47 Å². The summed E-state index contributed by atoms with van der Waals surface area (Å²) >= 11 is 1.39.